The Hall–Kier alpha value is -1.22. The van der Waals surface area contributed by atoms with E-state index in [0.29, 0.717) is 0 Å². The van der Waals surface area contributed by atoms with E-state index in [9.17, 15) is 0 Å². The predicted octanol–water partition coefficient (Wildman–Crippen LogP) is 2.66. The summed E-state index contributed by atoms with van der Waals surface area (Å²) in [4.78, 5) is 2.44. The van der Waals surface area contributed by atoms with Gasteiger partial charge in [0.1, 0.15) is 5.75 Å². The SMILES string of the molecule is COc1ccc(N2CC(C)(C)NC(C)(C)C2)cc1. The Morgan fingerprint density at radius 1 is 1.00 bits per heavy atom. The number of nitrogens with zero attached hydrogens (tertiary/aromatic N) is 1. The zero-order valence-electron chi connectivity index (χ0n) is 12.1. The molecule has 1 heterocycles. The first kappa shape index (κ1) is 13.2. The third-order valence-corrected chi connectivity index (χ3v) is 3.29. The van der Waals surface area contributed by atoms with Crippen LogP contribution in [0.15, 0.2) is 24.3 Å². The summed E-state index contributed by atoms with van der Waals surface area (Å²) in [6, 6.07) is 8.32. The highest BCUT2D eigenvalue weighted by atomic mass is 16.5. The molecule has 100 valence electrons. The number of methoxy groups -OCH3 is 1. The Kier molecular flexibility index (Phi) is 3.28. The van der Waals surface area contributed by atoms with E-state index in [-0.39, 0.29) is 11.1 Å². The van der Waals surface area contributed by atoms with Gasteiger partial charge in [0.15, 0.2) is 0 Å². The van der Waals surface area contributed by atoms with Gasteiger partial charge in [0.2, 0.25) is 0 Å². The van der Waals surface area contributed by atoms with Crippen molar-refractivity contribution in [2.24, 2.45) is 0 Å². The van der Waals surface area contributed by atoms with Crippen LogP contribution < -0.4 is 15.0 Å². The van der Waals surface area contributed by atoms with Crippen molar-refractivity contribution in [3.8, 4) is 5.75 Å². The Morgan fingerprint density at radius 2 is 1.50 bits per heavy atom. The summed E-state index contributed by atoms with van der Waals surface area (Å²) in [5.74, 6) is 0.910. The topological polar surface area (TPSA) is 24.5 Å². The van der Waals surface area contributed by atoms with E-state index in [1.807, 2.05) is 12.1 Å². The van der Waals surface area contributed by atoms with Gasteiger partial charge in [-0.15, -0.1) is 0 Å². The van der Waals surface area contributed by atoms with Crippen LogP contribution in [0.5, 0.6) is 5.75 Å². The molecule has 0 saturated carbocycles. The van der Waals surface area contributed by atoms with Gasteiger partial charge in [-0.1, -0.05) is 0 Å². The molecule has 1 aliphatic heterocycles. The molecule has 3 heteroatoms. The normalized spacial score (nSPS) is 21.7. The van der Waals surface area contributed by atoms with Crippen molar-refractivity contribution < 1.29 is 4.74 Å². The second kappa shape index (κ2) is 4.47. The molecule has 18 heavy (non-hydrogen) atoms. The van der Waals surface area contributed by atoms with E-state index >= 15 is 0 Å². The molecule has 1 aromatic rings. The van der Waals surface area contributed by atoms with Crippen LogP contribution in [0.1, 0.15) is 27.7 Å². The monoisotopic (exact) mass is 248 g/mol. The lowest BCUT2D eigenvalue weighted by Gasteiger charge is -2.49. The molecule has 3 nitrogen and oxygen atoms in total. The van der Waals surface area contributed by atoms with Gasteiger partial charge < -0.3 is 15.0 Å². The van der Waals surface area contributed by atoms with Crippen molar-refractivity contribution in [2.45, 2.75) is 38.8 Å². The molecule has 2 rings (SSSR count). The Labute approximate surface area is 110 Å². The Morgan fingerprint density at radius 3 is 1.94 bits per heavy atom. The molecule has 0 aromatic heterocycles. The van der Waals surface area contributed by atoms with Gasteiger partial charge in [-0.3, -0.25) is 0 Å². The first-order valence-corrected chi connectivity index (χ1v) is 6.50. The van der Waals surface area contributed by atoms with Crippen molar-refractivity contribution >= 4 is 5.69 Å². The van der Waals surface area contributed by atoms with Crippen LogP contribution in [0.4, 0.5) is 5.69 Å². The van der Waals surface area contributed by atoms with Gasteiger partial charge in [-0.25, -0.2) is 0 Å². The lowest BCUT2D eigenvalue weighted by Crippen LogP contribution is -2.66. The van der Waals surface area contributed by atoms with E-state index in [1.54, 1.807) is 7.11 Å². The average molecular weight is 248 g/mol. The first-order valence-electron chi connectivity index (χ1n) is 6.50. The number of ether oxygens (including phenoxy) is 1. The summed E-state index contributed by atoms with van der Waals surface area (Å²) in [5, 5.41) is 3.69. The van der Waals surface area contributed by atoms with E-state index in [2.05, 4.69) is 50.0 Å². The number of hydrogen-bond donors (Lipinski definition) is 1. The van der Waals surface area contributed by atoms with Gasteiger partial charge >= 0.3 is 0 Å². The largest absolute Gasteiger partial charge is 0.497 e. The standard InChI is InChI=1S/C15H24N2O/c1-14(2)10-17(11-15(3,4)16-14)12-6-8-13(18-5)9-7-12/h6-9,16H,10-11H2,1-5H3. The molecule has 0 unspecified atom stereocenters. The minimum Gasteiger partial charge on any atom is -0.497 e. The fraction of sp³-hybridized carbons (Fsp3) is 0.600. The molecule has 0 radical (unpaired) electrons. The first-order chi connectivity index (χ1) is 8.31. The predicted molar refractivity (Wildman–Crippen MR) is 76.5 cm³/mol. The van der Waals surface area contributed by atoms with Gasteiger partial charge in [-0.05, 0) is 52.0 Å². The van der Waals surface area contributed by atoms with Gasteiger partial charge in [0, 0.05) is 29.9 Å². The summed E-state index contributed by atoms with van der Waals surface area (Å²) < 4.78 is 5.21. The third kappa shape index (κ3) is 2.96. The zero-order chi connectivity index (χ0) is 13.4. The molecule has 0 spiro atoms. The lowest BCUT2D eigenvalue weighted by molar-refractivity contribution is 0.226. The second-order valence-corrected chi connectivity index (χ2v) is 6.45. The van der Waals surface area contributed by atoms with Crippen LogP contribution in [-0.4, -0.2) is 31.3 Å². The van der Waals surface area contributed by atoms with Crippen LogP contribution >= 0.6 is 0 Å². The Bertz CT molecular complexity index is 393. The van der Waals surface area contributed by atoms with Crippen LogP contribution in [0.25, 0.3) is 0 Å². The van der Waals surface area contributed by atoms with Crippen molar-refractivity contribution in [3.05, 3.63) is 24.3 Å². The average Bonchev–Trinajstić information content (AvgIpc) is 2.25. The maximum Gasteiger partial charge on any atom is 0.119 e. The smallest absolute Gasteiger partial charge is 0.119 e. The van der Waals surface area contributed by atoms with Crippen molar-refractivity contribution in [3.63, 3.8) is 0 Å². The fourth-order valence-corrected chi connectivity index (χ4v) is 2.98. The van der Waals surface area contributed by atoms with Crippen molar-refractivity contribution in [2.75, 3.05) is 25.1 Å². The molecule has 0 atom stereocenters. The van der Waals surface area contributed by atoms with Gasteiger partial charge in [-0.2, -0.15) is 0 Å². The van der Waals surface area contributed by atoms with Gasteiger partial charge in [0.25, 0.3) is 0 Å². The van der Waals surface area contributed by atoms with E-state index in [4.69, 9.17) is 4.74 Å². The quantitative estimate of drug-likeness (QED) is 0.871. The number of nitrogens with one attached hydrogen (secondary N) is 1. The van der Waals surface area contributed by atoms with Gasteiger partial charge in [0.05, 0.1) is 7.11 Å². The summed E-state index contributed by atoms with van der Waals surface area (Å²) in [7, 11) is 1.70. The molecular formula is C15H24N2O. The number of piperazine rings is 1. The molecule has 0 bridgehead atoms. The molecule has 1 saturated heterocycles. The lowest BCUT2D eigenvalue weighted by atomic mass is 9.91. The van der Waals surface area contributed by atoms with Crippen LogP contribution in [-0.2, 0) is 0 Å². The minimum atomic E-state index is 0.127. The molecule has 1 aliphatic rings. The van der Waals surface area contributed by atoms with Crippen molar-refractivity contribution in [1.82, 2.24) is 5.32 Å². The Balaban J connectivity index is 2.21. The zero-order valence-corrected chi connectivity index (χ0v) is 12.1. The van der Waals surface area contributed by atoms with Crippen LogP contribution in [0.3, 0.4) is 0 Å². The minimum absolute atomic E-state index is 0.127. The van der Waals surface area contributed by atoms with E-state index < -0.39 is 0 Å². The van der Waals surface area contributed by atoms with Crippen LogP contribution in [0.2, 0.25) is 0 Å². The third-order valence-electron chi connectivity index (χ3n) is 3.29. The number of rotatable bonds is 2. The summed E-state index contributed by atoms with van der Waals surface area (Å²) >= 11 is 0. The number of benzene rings is 1. The molecule has 1 N–H and O–H groups in total. The maximum atomic E-state index is 5.21. The summed E-state index contributed by atoms with van der Waals surface area (Å²) in [6.45, 7) is 11.1. The summed E-state index contributed by atoms with van der Waals surface area (Å²) in [6.07, 6.45) is 0. The maximum absolute atomic E-state index is 5.21. The molecule has 1 fully saturated rings. The summed E-state index contributed by atoms with van der Waals surface area (Å²) in [5.41, 5.74) is 1.52. The molecular weight excluding hydrogens is 224 g/mol. The molecule has 1 aromatic carbocycles. The highest BCUT2D eigenvalue weighted by Crippen LogP contribution is 2.27. The number of hydrogen-bond acceptors (Lipinski definition) is 3. The fourth-order valence-electron chi connectivity index (χ4n) is 2.98. The van der Waals surface area contributed by atoms with E-state index in [1.165, 1.54) is 5.69 Å². The number of anilines is 1. The molecule has 0 aliphatic carbocycles. The highest BCUT2D eigenvalue weighted by molar-refractivity contribution is 5.50. The molecule has 0 amide bonds. The van der Waals surface area contributed by atoms with Crippen LogP contribution in [0, 0.1) is 0 Å². The van der Waals surface area contributed by atoms with E-state index in [0.717, 1.165) is 18.8 Å². The highest BCUT2D eigenvalue weighted by Gasteiger charge is 2.36. The van der Waals surface area contributed by atoms with Crippen molar-refractivity contribution in [1.29, 1.82) is 0 Å². The second-order valence-electron chi connectivity index (χ2n) is 6.45.